The molecule has 1 N–H and O–H groups in total. The average Bonchev–Trinajstić information content (AvgIpc) is 3.23. The lowest BCUT2D eigenvalue weighted by atomic mass is 9.93. The van der Waals surface area contributed by atoms with E-state index in [2.05, 4.69) is 20.3 Å². The van der Waals surface area contributed by atoms with Gasteiger partial charge in [0.2, 0.25) is 17.7 Å². The summed E-state index contributed by atoms with van der Waals surface area (Å²) in [6.07, 6.45) is 3.64. The number of oxime groups is 1. The highest BCUT2D eigenvalue weighted by Crippen LogP contribution is 2.35. The van der Waals surface area contributed by atoms with Gasteiger partial charge in [0.25, 0.3) is 0 Å². The summed E-state index contributed by atoms with van der Waals surface area (Å²) in [5, 5.41) is 21.3. The summed E-state index contributed by atoms with van der Waals surface area (Å²) in [6, 6.07) is 8.57. The molecule has 3 heterocycles. The van der Waals surface area contributed by atoms with Crippen LogP contribution in [-0.4, -0.2) is 26.2 Å². The van der Waals surface area contributed by atoms with Gasteiger partial charge >= 0.3 is 0 Å². The molecule has 26 heavy (non-hydrogen) atoms. The predicted octanol–water partition coefficient (Wildman–Crippen LogP) is 3.17. The minimum atomic E-state index is -0.655. The molecule has 0 saturated carbocycles. The fourth-order valence-electron chi connectivity index (χ4n) is 2.67. The lowest BCUT2D eigenvalue weighted by Gasteiger charge is -2.21. The van der Waals surface area contributed by atoms with Crippen molar-refractivity contribution in [2.45, 2.75) is 25.9 Å². The summed E-state index contributed by atoms with van der Waals surface area (Å²) in [4.78, 5) is 9.73. The molecule has 0 saturated heterocycles. The maximum absolute atomic E-state index is 9.43. The minimum Gasteiger partial charge on any atom is -0.508 e. The van der Waals surface area contributed by atoms with E-state index in [-0.39, 0.29) is 5.75 Å². The van der Waals surface area contributed by atoms with E-state index in [1.165, 1.54) is 0 Å². The number of ether oxygens (including phenoxy) is 1. The Morgan fingerprint density at radius 2 is 1.96 bits per heavy atom. The molecule has 4 rings (SSSR count). The lowest BCUT2D eigenvalue weighted by Crippen LogP contribution is -2.23. The fourth-order valence-corrected chi connectivity index (χ4v) is 2.67. The molecule has 1 aliphatic heterocycles. The van der Waals surface area contributed by atoms with Gasteiger partial charge in [0, 0.05) is 13.1 Å². The molecular formula is C18H16N4O4. The second-order valence-electron chi connectivity index (χ2n) is 6.17. The first-order valence-electron chi connectivity index (χ1n) is 8.00. The Morgan fingerprint density at radius 3 is 2.69 bits per heavy atom. The molecule has 0 amide bonds. The van der Waals surface area contributed by atoms with Crippen molar-refractivity contribution in [3.8, 4) is 23.0 Å². The summed E-state index contributed by atoms with van der Waals surface area (Å²) >= 11 is 0. The number of aromatic nitrogens is 3. The summed E-state index contributed by atoms with van der Waals surface area (Å²) in [5.74, 6) is 1.98. The van der Waals surface area contributed by atoms with Crippen LogP contribution in [0.25, 0.3) is 11.5 Å². The maximum atomic E-state index is 9.43. The summed E-state index contributed by atoms with van der Waals surface area (Å²) < 4.78 is 11.2. The van der Waals surface area contributed by atoms with Gasteiger partial charge in [-0.1, -0.05) is 17.3 Å². The highest BCUT2D eigenvalue weighted by molar-refractivity contribution is 5.80. The third-order valence-electron chi connectivity index (χ3n) is 4.04. The van der Waals surface area contributed by atoms with Gasteiger partial charge < -0.3 is 19.1 Å². The summed E-state index contributed by atoms with van der Waals surface area (Å²) in [7, 11) is 0. The zero-order chi connectivity index (χ0) is 18.1. The Bertz CT molecular complexity index is 967. The van der Waals surface area contributed by atoms with Gasteiger partial charge in [-0.25, -0.2) is 0 Å². The lowest BCUT2D eigenvalue weighted by molar-refractivity contribution is -0.00742. The molecule has 0 fully saturated rings. The van der Waals surface area contributed by atoms with E-state index in [9.17, 15) is 5.11 Å². The molecule has 8 heteroatoms. The van der Waals surface area contributed by atoms with Gasteiger partial charge in [0.1, 0.15) is 11.5 Å². The number of hydrogen-bond acceptors (Lipinski definition) is 8. The number of aryl methyl sites for hydroxylation is 1. The number of aromatic hydroxyl groups is 1. The van der Waals surface area contributed by atoms with Gasteiger partial charge in [-0.15, -0.1) is 10.2 Å². The van der Waals surface area contributed by atoms with E-state index >= 15 is 0 Å². The monoisotopic (exact) mass is 352 g/mol. The van der Waals surface area contributed by atoms with E-state index in [1.54, 1.807) is 49.6 Å². The van der Waals surface area contributed by atoms with Gasteiger partial charge in [0.05, 0.1) is 18.2 Å². The van der Waals surface area contributed by atoms with Crippen molar-refractivity contribution in [3.63, 3.8) is 0 Å². The van der Waals surface area contributed by atoms with Crippen LogP contribution >= 0.6 is 0 Å². The number of nitrogens with zero attached hydrogens (tertiary/aromatic N) is 4. The van der Waals surface area contributed by atoms with Crippen molar-refractivity contribution in [2.75, 3.05) is 0 Å². The van der Waals surface area contributed by atoms with Crippen LogP contribution in [0.15, 0.2) is 52.3 Å². The number of phenols is 1. The second-order valence-corrected chi connectivity index (χ2v) is 6.17. The second kappa shape index (κ2) is 6.14. The highest BCUT2D eigenvalue weighted by atomic mass is 16.7. The number of benzene rings is 1. The normalized spacial score (nSPS) is 19.1. The quantitative estimate of drug-likeness (QED) is 0.772. The highest BCUT2D eigenvalue weighted by Gasteiger charge is 2.37. The van der Waals surface area contributed by atoms with Crippen LogP contribution in [-0.2, 0) is 10.4 Å². The van der Waals surface area contributed by atoms with Crippen LogP contribution in [0.1, 0.15) is 24.8 Å². The maximum Gasteiger partial charge on any atom is 0.249 e. The number of hydrogen-bond donors (Lipinski definition) is 1. The molecule has 0 bridgehead atoms. The van der Waals surface area contributed by atoms with Crippen LogP contribution in [0.3, 0.4) is 0 Å². The average molecular weight is 352 g/mol. The molecule has 1 aliphatic rings. The molecule has 2 aromatic heterocycles. The Hall–Kier alpha value is -3.42. The number of rotatable bonds is 3. The van der Waals surface area contributed by atoms with E-state index in [0.29, 0.717) is 35.4 Å². The third-order valence-corrected chi connectivity index (χ3v) is 4.04. The molecular weight excluding hydrogens is 336 g/mol. The zero-order valence-corrected chi connectivity index (χ0v) is 14.2. The summed E-state index contributed by atoms with van der Waals surface area (Å²) in [5.41, 5.74) is 0.896. The van der Waals surface area contributed by atoms with Crippen LogP contribution in [0.2, 0.25) is 0 Å². The van der Waals surface area contributed by atoms with Gasteiger partial charge in [0.15, 0.2) is 5.60 Å². The van der Waals surface area contributed by atoms with Crippen LogP contribution in [0.5, 0.6) is 11.5 Å². The standard InChI is InChI=1S/C18H16N4O4/c1-11-20-21-17(24-11)12-7-15(10-19-9-12)25-16-8-18(2,26-22-16)13-3-5-14(23)6-4-13/h3-7,9-10,23H,8H2,1-2H3/t18-/m0/s1. The van der Waals surface area contributed by atoms with Crippen molar-refractivity contribution in [1.29, 1.82) is 0 Å². The smallest absolute Gasteiger partial charge is 0.249 e. The number of phenolic OH excluding ortho intramolecular Hbond substituents is 1. The molecule has 0 spiro atoms. The van der Waals surface area contributed by atoms with Crippen molar-refractivity contribution in [3.05, 3.63) is 54.2 Å². The third kappa shape index (κ3) is 3.08. The topological polar surface area (TPSA) is 103 Å². The van der Waals surface area contributed by atoms with Crippen LogP contribution in [0.4, 0.5) is 0 Å². The minimum absolute atomic E-state index is 0.201. The summed E-state index contributed by atoms with van der Waals surface area (Å²) in [6.45, 7) is 3.63. The fraction of sp³-hybridized carbons (Fsp3) is 0.222. The van der Waals surface area contributed by atoms with Gasteiger partial charge in [-0.2, -0.15) is 0 Å². The zero-order valence-electron chi connectivity index (χ0n) is 14.2. The van der Waals surface area contributed by atoms with Crippen molar-refractivity contribution in [2.24, 2.45) is 5.16 Å². The number of pyridine rings is 1. The first-order chi connectivity index (χ1) is 12.5. The first-order valence-corrected chi connectivity index (χ1v) is 8.00. The largest absolute Gasteiger partial charge is 0.508 e. The van der Waals surface area contributed by atoms with Crippen molar-refractivity contribution < 1.29 is 19.1 Å². The SMILES string of the molecule is Cc1nnc(-c2cncc(OC3=NO[C@](C)(c4ccc(O)cc4)C3)c2)o1. The first kappa shape index (κ1) is 16.1. The van der Waals surface area contributed by atoms with E-state index < -0.39 is 5.60 Å². The van der Waals surface area contributed by atoms with Gasteiger partial charge in [-0.3, -0.25) is 4.98 Å². The molecule has 0 radical (unpaired) electrons. The Labute approximate surface area is 149 Å². The molecule has 8 nitrogen and oxygen atoms in total. The molecule has 0 aliphatic carbocycles. The van der Waals surface area contributed by atoms with E-state index in [4.69, 9.17) is 14.0 Å². The predicted molar refractivity (Wildman–Crippen MR) is 91.5 cm³/mol. The molecule has 0 unspecified atom stereocenters. The van der Waals surface area contributed by atoms with Crippen LogP contribution in [0, 0.1) is 6.92 Å². The van der Waals surface area contributed by atoms with Crippen molar-refractivity contribution in [1.82, 2.24) is 15.2 Å². The van der Waals surface area contributed by atoms with Crippen molar-refractivity contribution >= 4 is 5.90 Å². The molecule has 3 aromatic rings. The Morgan fingerprint density at radius 1 is 1.15 bits per heavy atom. The molecule has 132 valence electrons. The van der Waals surface area contributed by atoms with Gasteiger partial charge in [-0.05, 0) is 30.7 Å². The van der Waals surface area contributed by atoms with E-state index in [0.717, 1.165) is 5.56 Å². The van der Waals surface area contributed by atoms with Crippen LogP contribution < -0.4 is 4.74 Å². The molecule has 1 aromatic carbocycles. The Balaban J connectivity index is 1.49. The van der Waals surface area contributed by atoms with E-state index in [1.807, 2.05) is 6.92 Å². The Kier molecular flexibility index (Phi) is 3.80. The molecule has 1 atom stereocenters.